The molecule has 4 heteroatoms. The molecule has 1 N–H and O–H groups in total. The van der Waals surface area contributed by atoms with Crippen LogP contribution in [0, 0.1) is 5.92 Å². The molecule has 1 atom stereocenters. The highest BCUT2D eigenvalue weighted by Crippen LogP contribution is 2.44. The Morgan fingerprint density at radius 1 is 1.28 bits per heavy atom. The molecule has 1 aromatic carbocycles. The van der Waals surface area contributed by atoms with Gasteiger partial charge in [-0.2, -0.15) is 0 Å². The minimum Gasteiger partial charge on any atom is -0.497 e. The van der Waals surface area contributed by atoms with Crippen molar-refractivity contribution in [1.29, 1.82) is 0 Å². The average Bonchev–Trinajstić information content (AvgIpc) is 3.49. The van der Waals surface area contributed by atoms with Crippen LogP contribution < -0.4 is 10.1 Å². The third kappa shape index (κ3) is 5.31. The van der Waals surface area contributed by atoms with Gasteiger partial charge in [0.2, 0.25) is 5.91 Å². The van der Waals surface area contributed by atoms with Gasteiger partial charge in [-0.25, -0.2) is 0 Å². The topological polar surface area (TPSA) is 51.2 Å². The first-order chi connectivity index (χ1) is 12.3. The Balaban J connectivity index is 1.46. The van der Waals surface area contributed by atoms with Crippen molar-refractivity contribution in [3.8, 4) is 5.75 Å². The molecule has 4 nitrogen and oxygen atoms in total. The first-order valence-electron chi connectivity index (χ1n) is 9.06. The molecular formula is C21H26N2O2. The minimum atomic E-state index is 0.152. The summed E-state index contributed by atoms with van der Waals surface area (Å²) >= 11 is 0. The monoisotopic (exact) mass is 338 g/mol. The number of rotatable bonds is 9. The lowest BCUT2D eigenvalue weighted by Gasteiger charge is -2.17. The van der Waals surface area contributed by atoms with Gasteiger partial charge >= 0.3 is 0 Å². The molecule has 1 aliphatic rings. The zero-order valence-corrected chi connectivity index (χ0v) is 14.8. The van der Waals surface area contributed by atoms with E-state index in [1.807, 2.05) is 24.4 Å². The number of aryl methyl sites for hydroxylation is 1. The van der Waals surface area contributed by atoms with E-state index in [1.54, 1.807) is 13.3 Å². The van der Waals surface area contributed by atoms with E-state index >= 15 is 0 Å². The maximum Gasteiger partial charge on any atom is 0.220 e. The lowest BCUT2D eigenvalue weighted by atomic mass is 9.90. The SMILES string of the molecule is COc1ccc(C(CC(=O)NCCCc2cccnc2)C2CC2)cc1. The normalized spacial score (nSPS) is 14.8. The molecular weight excluding hydrogens is 312 g/mol. The van der Waals surface area contributed by atoms with Crippen molar-refractivity contribution < 1.29 is 9.53 Å². The van der Waals surface area contributed by atoms with Crippen molar-refractivity contribution in [1.82, 2.24) is 10.3 Å². The smallest absolute Gasteiger partial charge is 0.220 e. The Labute approximate surface area is 149 Å². The van der Waals surface area contributed by atoms with Crippen LogP contribution in [-0.2, 0) is 11.2 Å². The molecule has 0 saturated heterocycles. The first-order valence-corrected chi connectivity index (χ1v) is 9.06. The zero-order valence-electron chi connectivity index (χ0n) is 14.8. The fourth-order valence-corrected chi connectivity index (χ4v) is 3.24. The number of methoxy groups -OCH3 is 1. The number of ether oxygens (including phenoxy) is 1. The van der Waals surface area contributed by atoms with E-state index in [4.69, 9.17) is 4.74 Å². The number of nitrogens with one attached hydrogen (secondary N) is 1. The Kier molecular flexibility index (Phi) is 6.04. The molecule has 25 heavy (non-hydrogen) atoms. The molecule has 1 fully saturated rings. The fourth-order valence-electron chi connectivity index (χ4n) is 3.24. The summed E-state index contributed by atoms with van der Waals surface area (Å²) in [5, 5.41) is 3.07. The summed E-state index contributed by atoms with van der Waals surface area (Å²) in [4.78, 5) is 16.5. The molecule has 2 aromatic rings. The van der Waals surface area contributed by atoms with Crippen LogP contribution in [0.3, 0.4) is 0 Å². The number of pyridine rings is 1. The largest absolute Gasteiger partial charge is 0.497 e. The Hall–Kier alpha value is -2.36. The molecule has 1 heterocycles. The number of carbonyl (C=O) groups is 1. The van der Waals surface area contributed by atoms with Crippen molar-refractivity contribution in [2.24, 2.45) is 5.92 Å². The van der Waals surface area contributed by atoms with E-state index in [-0.39, 0.29) is 5.91 Å². The molecule has 0 radical (unpaired) electrons. The Morgan fingerprint density at radius 2 is 2.08 bits per heavy atom. The zero-order chi connectivity index (χ0) is 17.5. The summed E-state index contributed by atoms with van der Waals surface area (Å²) < 4.78 is 5.22. The van der Waals surface area contributed by atoms with E-state index in [2.05, 4.69) is 28.5 Å². The van der Waals surface area contributed by atoms with Crippen LogP contribution in [0.25, 0.3) is 0 Å². The van der Waals surface area contributed by atoms with Gasteiger partial charge in [0.15, 0.2) is 0 Å². The van der Waals surface area contributed by atoms with Gasteiger partial charge in [-0.15, -0.1) is 0 Å². The third-order valence-electron chi connectivity index (χ3n) is 4.83. The fraction of sp³-hybridized carbons (Fsp3) is 0.429. The van der Waals surface area contributed by atoms with Crippen LogP contribution in [0.4, 0.5) is 0 Å². The lowest BCUT2D eigenvalue weighted by molar-refractivity contribution is -0.121. The Bertz CT molecular complexity index is 666. The van der Waals surface area contributed by atoms with Crippen LogP contribution in [-0.4, -0.2) is 24.5 Å². The number of aromatic nitrogens is 1. The predicted molar refractivity (Wildman–Crippen MR) is 98.6 cm³/mol. The van der Waals surface area contributed by atoms with Crippen LogP contribution in [0.2, 0.25) is 0 Å². The highest BCUT2D eigenvalue weighted by atomic mass is 16.5. The van der Waals surface area contributed by atoms with E-state index in [9.17, 15) is 4.79 Å². The highest BCUT2D eigenvalue weighted by Gasteiger charge is 2.33. The van der Waals surface area contributed by atoms with Crippen LogP contribution in [0.5, 0.6) is 5.75 Å². The van der Waals surface area contributed by atoms with Crippen LogP contribution in [0.15, 0.2) is 48.8 Å². The number of nitrogens with zero attached hydrogens (tertiary/aromatic N) is 1. The van der Waals surface area contributed by atoms with E-state index in [0.717, 1.165) is 18.6 Å². The maximum atomic E-state index is 12.3. The maximum absolute atomic E-state index is 12.3. The molecule has 1 amide bonds. The third-order valence-corrected chi connectivity index (χ3v) is 4.83. The molecule has 1 aromatic heterocycles. The average molecular weight is 338 g/mol. The molecule has 1 aliphatic carbocycles. The van der Waals surface area contributed by atoms with Crippen molar-refractivity contribution in [3.63, 3.8) is 0 Å². The molecule has 0 bridgehead atoms. The first kappa shape index (κ1) is 17.5. The van der Waals surface area contributed by atoms with E-state index in [1.165, 1.54) is 24.0 Å². The lowest BCUT2D eigenvalue weighted by Crippen LogP contribution is -2.26. The van der Waals surface area contributed by atoms with E-state index < -0.39 is 0 Å². The van der Waals surface area contributed by atoms with Crippen molar-refractivity contribution in [2.45, 2.75) is 38.0 Å². The summed E-state index contributed by atoms with van der Waals surface area (Å²) in [5.74, 6) is 1.98. The minimum absolute atomic E-state index is 0.152. The second-order valence-corrected chi connectivity index (χ2v) is 6.74. The van der Waals surface area contributed by atoms with Gasteiger partial charge < -0.3 is 10.1 Å². The van der Waals surface area contributed by atoms with Crippen LogP contribution in [0.1, 0.15) is 42.7 Å². The number of carbonyl (C=O) groups excluding carboxylic acids is 1. The van der Waals surface area contributed by atoms with Crippen LogP contribution >= 0.6 is 0 Å². The molecule has 132 valence electrons. The quantitative estimate of drug-likeness (QED) is 0.709. The predicted octanol–water partition coefficient (Wildman–Crippen LogP) is 3.72. The van der Waals surface area contributed by atoms with Gasteiger partial charge in [0, 0.05) is 25.4 Å². The molecule has 1 saturated carbocycles. The van der Waals surface area contributed by atoms with Gasteiger partial charge in [0.05, 0.1) is 7.11 Å². The van der Waals surface area contributed by atoms with Gasteiger partial charge in [-0.1, -0.05) is 18.2 Å². The van der Waals surface area contributed by atoms with Gasteiger partial charge in [-0.05, 0) is 66.8 Å². The molecule has 3 rings (SSSR count). The molecule has 0 spiro atoms. The molecule has 0 aliphatic heterocycles. The second-order valence-electron chi connectivity index (χ2n) is 6.74. The summed E-state index contributed by atoms with van der Waals surface area (Å²) in [7, 11) is 1.67. The summed E-state index contributed by atoms with van der Waals surface area (Å²) in [5.41, 5.74) is 2.46. The summed E-state index contributed by atoms with van der Waals surface area (Å²) in [6, 6.07) is 12.2. The number of hydrogen-bond acceptors (Lipinski definition) is 3. The number of hydrogen-bond donors (Lipinski definition) is 1. The highest BCUT2D eigenvalue weighted by molar-refractivity contribution is 5.77. The van der Waals surface area contributed by atoms with Crippen molar-refractivity contribution in [2.75, 3.05) is 13.7 Å². The number of amides is 1. The number of benzene rings is 1. The van der Waals surface area contributed by atoms with Gasteiger partial charge in [0.1, 0.15) is 5.75 Å². The second kappa shape index (κ2) is 8.65. The summed E-state index contributed by atoms with van der Waals surface area (Å²) in [6.07, 6.45) is 8.57. The Morgan fingerprint density at radius 3 is 2.72 bits per heavy atom. The standard InChI is InChI=1S/C21H26N2O2/c1-25-19-10-8-18(9-11-19)20(17-6-7-17)14-21(24)23-13-3-5-16-4-2-12-22-15-16/h2,4,8-12,15,17,20H,3,5-7,13-14H2,1H3,(H,23,24). The van der Waals surface area contributed by atoms with Crippen molar-refractivity contribution >= 4 is 5.91 Å². The van der Waals surface area contributed by atoms with Gasteiger partial charge in [0.25, 0.3) is 0 Å². The van der Waals surface area contributed by atoms with Crippen molar-refractivity contribution in [3.05, 3.63) is 59.9 Å². The van der Waals surface area contributed by atoms with Gasteiger partial charge in [-0.3, -0.25) is 9.78 Å². The van der Waals surface area contributed by atoms with E-state index in [0.29, 0.717) is 24.8 Å². The molecule has 1 unspecified atom stereocenters. The summed E-state index contributed by atoms with van der Waals surface area (Å²) in [6.45, 7) is 0.716.